The average Bonchev–Trinajstić information content (AvgIpc) is 2.92. The van der Waals surface area contributed by atoms with Gasteiger partial charge < -0.3 is 10.1 Å². The summed E-state index contributed by atoms with van der Waals surface area (Å²) in [5.74, 6) is 0.787. The summed E-state index contributed by atoms with van der Waals surface area (Å²) in [6, 6.07) is 0. The van der Waals surface area contributed by atoms with Crippen molar-refractivity contribution in [3.8, 4) is 0 Å². The molecule has 1 saturated carbocycles. The average molecular weight is 308 g/mol. The van der Waals surface area contributed by atoms with E-state index in [1.807, 2.05) is 11.3 Å². The minimum atomic E-state index is 0.109. The van der Waals surface area contributed by atoms with Crippen LogP contribution in [0.5, 0.6) is 0 Å². The molecule has 2 unspecified atom stereocenters. The fourth-order valence-corrected chi connectivity index (χ4v) is 5.28. The molecule has 3 nitrogen and oxygen atoms in total. The van der Waals surface area contributed by atoms with Gasteiger partial charge in [-0.2, -0.15) is 0 Å². The zero-order valence-corrected chi connectivity index (χ0v) is 14.2. The summed E-state index contributed by atoms with van der Waals surface area (Å²) in [7, 11) is 1.78. The monoisotopic (exact) mass is 308 g/mol. The van der Waals surface area contributed by atoms with Crippen molar-refractivity contribution in [3.63, 3.8) is 0 Å². The molecule has 0 radical (unpaired) electrons. The molecule has 0 spiro atoms. The Morgan fingerprint density at radius 1 is 1.33 bits per heavy atom. The van der Waals surface area contributed by atoms with Crippen molar-refractivity contribution in [2.24, 2.45) is 5.92 Å². The first-order valence-corrected chi connectivity index (χ1v) is 9.28. The van der Waals surface area contributed by atoms with Gasteiger partial charge in [-0.1, -0.05) is 19.8 Å². The van der Waals surface area contributed by atoms with Gasteiger partial charge in [-0.3, -0.25) is 0 Å². The minimum Gasteiger partial charge on any atom is -0.383 e. The van der Waals surface area contributed by atoms with Crippen LogP contribution in [-0.2, 0) is 23.1 Å². The van der Waals surface area contributed by atoms with Crippen LogP contribution in [0, 0.1) is 5.92 Å². The Morgan fingerprint density at radius 2 is 2.19 bits per heavy atom. The lowest BCUT2D eigenvalue weighted by molar-refractivity contribution is 0.149. The molecule has 1 aromatic rings. The number of ether oxygens (including phenoxy) is 1. The van der Waals surface area contributed by atoms with E-state index in [4.69, 9.17) is 9.72 Å². The molecule has 2 atom stereocenters. The van der Waals surface area contributed by atoms with Crippen molar-refractivity contribution < 1.29 is 4.74 Å². The quantitative estimate of drug-likeness (QED) is 0.843. The van der Waals surface area contributed by atoms with Crippen LogP contribution in [0.4, 0.5) is 0 Å². The van der Waals surface area contributed by atoms with Crippen LogP contribution in [-0.4, -0.2) is 25.2 Å². The summed E-state index contributed by atoms with van der Waals surface area (Å²) in [6.45, 7) is 4.09. The highest BCUT2D eigenvalue weighted by atomic mass is 32.1. The van der Waals surface area contributed by atoms with E-state index in [1.54, 1.807) is 12.0 Å². The van der Waals surface area contributed by atoms with Gasteiger partial charge in [0.1, 0.15) is 5.01 Å². The van der Waals surface area contributed by atoms with Crippen LogP contribution < -0.4 is 5.32 Å². The number of rotatable bonds is 5. The van der Waals surface area contributed by atoms with Crippen molar-refractivity contribution in [2.45, 2.75) is 63.8 Å². The van der Waals surface area contributed by atoms with E-state index in [0.29, 0.717) is 0 Å². The summed E-state index contributed by atoms with van der Waals surface area (Å²) in [4.78, 5) is 6.63. The molecule has 0 aromatic carbocycles. The summed E-state index contributed by atoms with van der Waals surface area (Å²) >= 11 is 1.99. The maximum atomic E-state index is 5.24. The minimum absolute atomic E-state index is 0.109. The molecule has 1 N–H and O–H groups in total. The molecule has 118 valence electrons. The summed E-state index contributed by atoms with van der Waals surface area (Å²) in [5, 5.41) is 5.17. The van der Waals surface area contributed by atoms with Gasteiger partial charge in [0.25, 0.3) is 0 Å². The van der Waals surface area contributed by atoms with Gasteiger partial charge in [0, 0.05) is 18.5 Å². The van der Waals surface area contributed by atoms with E-state index in [-0.39, 0.29) is 5.54 Å². The molecule has 1 aromatic heterocycles. The highest BCUT2D eigenvalue weighted by molar-refractivity contribution is 7.11. The molecule has 0 bridgehead atoms. The molecular formula is C17H28N2OS. The first kappa shape index (κ1) is 15.4. The Morgan fingerprint density at radius 3 is 2.95 bits per heavy atom. The van der Waals surface area contributed by atoms with Crippen molar-refractivity contribution in [1.82, 2.24) is 10.3 Å². The van der Waals surface area contributed by atoms with Gasteiger partial charge in [0.2, 0.25) is 0 Å². The molecular weight excluding hydrogens is 280 g/mol. The van der Waals surface area contributed by atoms with E-state index < -0.39 is 0 Å². The molecule has 1 heterocycles. The molecule has 0 amide bonds. The van der Waals surface area contributed by atoms with Gasteiger partial charge in [-0.05, 0) is 44.4 Å². The van der Waals surface area contributed by atoms with Gasteiger partial charge >= 0.3 is 0 Å². The number of hydrogen-bond acceptors (Lipinski definition) is 4. The third kappa shape index (κ3) is 3.33. The van der Waals surface area contributed by atoms with Crippen molar-refractivity contribution >= 4 is 11.3 Å². The van der Waals surface area contributed by atoms with Crippen molar-refractivity contribution in [3.05, 3.63) is 15.6 Å². The molecule has 21 heavy (non-hydrogen) atoms. The number of methoxy groups -OCH3 is 1. The van der Waals surface area contributed by atoms with E-state index in [9.17, 15) is 0 Å². The normalized spacial score (nSPS) is 29.3. The number of fused-ring (bicyclic) bond motifs is 1. The van der Waals surface area contributed by atoms with Gasteiger partial charge in [0.15, 0.2) is 0 Å². The van der Waals surface area contributed by atoms with Crippen LogP contribution in [0.3, 0.4) is 0 Å². The maximum absolute atomic E-state index is 5.24. The van der Waals surface area contributed by atoms with E-state index in [0.717, 1.165) is 19.1 Å². The van der Waals surface area contributed by atoms with E-state index in [2.05, 4.69) is 12.2 Å². The Bertz CT molecular complexity index is 450. The predicted molar refractivity (Wildman–Crippen MR) is 87.9 cm³/mol. The zero-order valence-electron chi connectivity index (χ0n) is 13.4. The van der Waals surface area contributed by atoms with Crippen LogP contribution in [0.1, 0.15) is 61.0 Å². The predicted octanol–water partition coefficient (Wildman–Crippen LogP) is 3.66. The van der Waals surface area contributed by atoms with Gasteiger partial charge in [0.05, 0.1) is 17.8 Å². The lowest BCUT2D eigenvalue weighted by atomic mass is 9.76. The lowest BCUT2D eigenvalue weighted by Crippen LogP contribution is -2.47. The summed E-state index contributed by atoms with van der Waals surface area (Å²) in [6.07, 6.45) is 10.2. The van der Waals surface area contributed by atoms with Crippen LogP contribution in [0.15, 0.2) is 0 Å². The lowest BCUT2D eigenvalue weighted by Gasteiger charge is -2.39. The molecule has 3 rings (SSSR count). The van der Waals surface area contributed by atoms with E-state index in [1.165, 1.54) is 62.1 Å². The van der Waals surface area contributed by atoms with Crippen LogP contribution in [0.2, 0.25) is 0 Å². The number of thiazole rings is 1. The smallest absolute Gasteiger partial charge is 0.113 e. The first-order chi connectivity index (χ1) is 10.2. The first-order valence-electron chi connectivity index (χ1n) is 8.46. The number of hydrogen-bond donors (Lipinski definition) is 1. The summed E-state index contributed by atoms with van der Waals surface area (Å²) < 4.78 is 5.24. The van der Waals surface area contributed by atoms with Crippen LogP contribution >= 0.6 is 11.3 Å². The van der Waals surface area contributed by atoms with Crippen molar-refractivity contribution in [2.75, 3.05) is 20.3 Å². The fourth-order valence-electron chi connectivity index (χ4n) is 3.93. The highest BCUT2D eigenvalue weighted by Crippen LogP contribution is 2.43. The number of aromatic nitrogens is 1. The Hall–Kier alpha value is -0.450. The number of nitrogens with zero attached hydrogens (tertiary/aromatic N) is 1. The van der Waals surface area contributed by atoms with E-state index >= 15 is 0 Å². The maximum Gasteiger partial charge on any atom is 0.113 e. The molecule has 2 aliphatic rings. The number of aryl methyl sites for hydroxylation is 2. The molecule has 0 aliphatic heterocycles. The summed E-state index contributed by atoms with van der Waals surface area (Å²) in [5.41, 5.74) is 1.51. The second kappa shape index (κ2) is 6.76. The highest BCUT2D eigenvalue weighted by Gasteiger charge is 2.39. The van der Waals surface area contributed by atoms with Crippen LogP contribution in [0.25, 0.3) is 0 Å². The standard InChI is InChI=1S/C17H28N2OS/c1-13-6-5-9-17(12-13,18-10-11-20-2)16-19-14-7-3-4-8-15(14)21-16/h13,18H,3-12H2,1-2H3. The third-order valence-corrected chi connectivity index (χ3v) is 6.38. The molecule has 0 saturated heterocycles. The Kier molecular flexibility index (Phi) is 4.97. The Balaban J connectivity index is 1.85. The van der Waals surface area contributed by atoms with Gasteiger partial charge in [-0.15, -0.1) is 11.3 Å². The number of nitrogens with one attached hydrogen (secondary N) is 1. The zero-order chi connectivity index (χ0) is 14.7. The SMILES string of the molecule is COCCNC1(c2nc3c(s2)CCCC3)CCCC(C)C1. The molecule has 1 fully saturated rings. The Labute approximate surface area is 132 Å². The largest absolute Gasteiger partial charge is 0.383 e. The molecule has 4 heteroatoms. The third-order valence-electron chi connectivity index (χ3n) is 5.02. The van der Waals surface area contributed by atoms with Crippen molar-refractivity contribution in [1.29, 1.82) is 0 Å². The molecule has 2 aliphatic carbocycles. The second-order valence-corrected chi connectivity index (χ2v) is 7.88. The topological polar surface area (TPSA) is 34.1 Å². The fraction of sp³-hybridized carbons (Fsp3) is 0.824. The second-order valence-electron chi connectivity index (χ2n) is 6.80. The van der Waals surface area contributed by atoms with Gasteiger partial charge in [-0.25, -0.2) is 4.98 Å².